The van der Waals surface area contributed by atoms with Crippen LogP contribution >= 0.6 is 0 Å². The molecule has 0 unspecified atom stereocenters. The van der Waals surface area contributed by atoms with Crippen molar-refractivity contribution in [2.75, 3.05) is 13.6 Å². The number of aryl methyl sites for hydroxylation is 1. The highest BCUT2D eigenvalue weighted by Crippen LogP contribution is 1.99. The fourth-order valence-electron chi connectivity index (χ4n) is 1.13. The standard InChI is InChI=1S/C9H17N5O/c1-8(15)13(2)6-9-7-14(12-11-9)5-3-4-10/h7H,3-6,10H2,1-2H3. The minimum atomic E-state index is 0.0199. The average Bonchev–Trinajstić information content (AvgIpc) is 2.62. The summed E-state index contributed by atoms with van der Waals surface area (Å²) in [5, 5.41) is 7.91. The smallest absolute Gasteiger partial charge is 0.219 e. The van der Waals surface area contributed by atoms with E-state index in [0.29, 0.717) is 13.1 Å². The average molecular weight is 211 g/mol. The van der Waals surface area contributed by atoms with E-state index >= 15 is 0 Å². The van der Waals surface area contributed by atoms with Crippen molar-refractivity contribution in [2.45, 2.75) is 26.4 Å². The Hall–Kier alpha value is -1.43. The molecule has 0 aliphatic carbocycles. The first-order valence-electron chi connectivity index (χ1n) is 4.94. The lowest BCUT2D eigenvalue weighted by atomic mass is 10.4. The highest BCUT2D eigenvalue weighted by atomic mass is 16.2. The molecule has 6 heteroatoms. The molecule has 1 rings (SSSR count). The number of nitrogens with zero attached hydrogens (tertiary/aromatic N) is 4. The molecule has 2 N–H and O–H groups in total. The molecule has 15 heavy (non-hydrogen) atoms. The molecule has 0 radical (unpaired) electrons. The molecule has 1 amide bonds. The van der Waals surface area contributed by atoms with Crippen LogP contribution in [-0.2, 0) is 17.9 Å². The van der Waals surface area contributed by atoms with Gasteiger partial charge >= 0.3 is 0 Å². The van der Waals surface area contributed by atoms with Gasteiger partial charge in [0, 0.05) is 20.5 Å². The van der Waals surface area contributed by atoms with Crippen molar-refractivity contribution >= 4 is 5.91 Å². The number of carbonyl (C=O) groups excluding carboxylic acids is 1. The van der Waals surface area contributed by atoms with Crippen molar-refractivity contribution in [3.63, 3.8) is 0 Å². The summed E-state index contributed by atoms with van der Waals surface area (Å²) in [6, 6.07) is 0. The first-order valence-corrected chi connectivity index (χ1v) is 4.94. The molecule has 0 aliphatic heterocycles. The van der Waals surface area contributed by atoms with E-state index in [1.165, 1.54) is 6.92 Å². The molecular weight excluding hydrogens is 194 g/mol. The van der Waals surface area contributed by atoms with Crippen molar-refractivity contribution in [2.24, 2.45) is 5.73 Å². The topological polar surface area (TPSA) is 77.0 Å². The van der Waals surface area contributed by atoms with Gasteiger partial charge in [-0.05, 0) is 13.0 Å². The molecule has 0 aromatic carbocycles. The van der Waals surface area contributed by atoms with Crippen LogP contribution in [0.15, 0.2) is 6.20 Å². The maximum absolute atomic E-state index is 11.0. The molecule has 84 valence electrons. The fraction of sp³-hybridized carbons (Fsp3) is 0.667. The molecule has 1 aromatic rings. The molecule has 0 saturated heterocycles. The number of hydrogen-bond donors (Lipinski definition) is 1. The van der Waals surface area contributed by atoms with Crippen molar-refractivity contribution in [3.05, 3.63) is 11.9 Å². The van der Waals surface area contributed by atoms with Crippen LogP contribution in [0.1, 0.15) is 19.0 Å². The molecule has 0 aliphatic rings. The van der Waals surface area contributed by atoms with E-state index in [9.17, 15) is 4.79 Å². The zero-order valence-corrected chi connectivity index (χ0v) is 9.18. The van der Waals surface area contributed by atoms with Crippen LogP contribution in [-0.4, -0.2) is 39.4 Å². The summed E-state index contributed by atoms with van der Waals surface area (Å²) in [5.41, 5.74) is 6.19. The first kappa shape index (κ1) is 11.6. The van der Waals surface area contributed by atoms with Gasteiger partial charge < -0.3 is 10.6 Å². The Bertz CT molecular complexity index is 322. The second-order valence-electron chi connectivity index (χ2n) is 3.49. The lowest BCUT2D eigenvalue weighted by molar-refractivity contribution is -0.128. The zero-order valence-electron chi connectivity index (χ0n) is 9.18. The largest absolute Gasteiger partial charge is 0.340 e. The number of carbonyl (C=O) groups is 1. The Balaban J connectivity index is 2.49. The lowest BCUT2D eigenvalue weighted by Gasteiger charge is -2.11. The number of hydrogen-bond acceptors (Lipinski definition) is 4. The summed E-state index contributed by atoms with van der Waals surface area (Å²) in [4.78, 5) is 12.6. The molecule has 0 saturated carbocycles. The quantitative estimate of drug-likeness (QED) is 0.719. The van der Waals surface area contributed by atoms with Crippen LogP contribution in [0.4, 0.5) is 0 Å². The van der Waals surface area contributed by atoms with Crippen molar-refractivity contribution in [3.8, 4) is 0 Å². The van der Waals surface area contributed by atoms with Gasteiger partial charge in [-0.2, -0.15) is 0 Å². The Morgan fingerprint density at radius 1 is 1.67 bits per heavy atom. The van der Waals surface area contributed by atoms with E-state index < -0.39 is 0 Å². The predicted molar refractivity (Wildman–Crippen MR) is 55.8 cm³/mol. The van der Waals surface area contributed by atoms with E-state index in [2.05, 4.69) is 10.3 Å². The maximum Gasteiger partial charge on any atom is 0.219 e. The molecule has 0 bridgehead atoms. The highest BCUT2D eigenvalue weighted by molar-refractivity contribution is 5.72. The third-order valence-electron chi connectivity index (χ3n) is 2.11. The summed E-state index contributed by atoms with van der Waals surface area (Å²) in [6.07, 6.45) is 2.72. The summed E-state index contributed by atoms with van der Waals surface area (Å²) in [5.74, 6) is 0.0199. The SMILES string of the molecule is CC(=O)N(C)Cc1cn(CCCN)nn1. The molecule has 0 spiro atoms. The summed E-state index contributed by atoms with van der Waals surface area (Å²) in [6.45, 7) is 3.44. The van der Waals surface area contributed by atoms with Crippen LogP contribution in [0.25, 0.3) is 0 Å². The molecule has 6 nitrogen and oxygen atoms in total. The van der Waals surface area contributed by atoms with Gasteiger partial charge in [-0.15, -0.1) is 5.10 Å². The number of aromatic nitrogens is 3. The zero-order chi connectivity index (χ0) is 11.3. The van der Waals surface area contributed by atoms with Crippen molar-refractivity contribution < 1.29 is 4.79 Å². The van der Waals surface area contributed by atoms with Crippen LogP contribution in [0.3, 0.4) is 0 Å². The van der Waals surface area contributed by atoms with Gasteiger partial charge in [0.15, 0.2) is 0 Å². The Morgan fingerprint density at radius 3 is 3.00 bits per heavy atom. The number of rotatable bonds is 5. The third kappa shape index (κ3) is 3.67. The van der Waals surface area contributed by atoms with Gasteiger partial charge in [-0.1, -0.05) is 5.21 Å². The molecule has 1 heterocycles. The maximum atomic E-state index is 11.0. The van der Waals surface area contributed by atoms with Gasteiger partial charge in [0.25, 0.3) is 0 Å². The van der Waals surface area contributed by atoms with E-state index in [0.717, 1.165) is 18.7 Å². The Morgan fingerprint density at radius 2 is 2.40 bits per heavy atom. The monoisotopic (exact) mass is 211 g/mol. The first-order chi connectivity index (χ1) is 7.13. The summed E-state index contributed by atoms with van der Waals surface area (Å²) < 4.78 is 1.75. The molecule has 1 aromatic heterocycles. The van der Waals surface area contributed by atoms with Crippen LogP contribution in [0.2, 0.25) is 0 Å². The van der Waals surface area contributed by atoms with E-state index in [4.69, 9.17) is 5.73 Å². The van der Waals surface area contributed by atoms with Gasteiger partial charge in [0.1, 0.15) is 5.69 Å². The lowest BCUT2D eigenvalue weighted by Crippen LogP contribution is -2.23. The second-order valence-corrected chi connectivity index (χ2v) is 3.49. The van der Waals surface area contributed by atoms with Gasteiger partial charge in [-0.3, -0.25) is 9.48 Å². The van der Waals surface area contributed by atoms with Gasteiger partial charge in [0.2, 0.25) is 5.91 Å². The molecular formula is C9H17N5O. The van der Waals surface area contributed by atoms with E-state index in [-0.39, 0.29) is 5.91 Å². The van der Waals surface area contributed by atoms with E-state index in [1.54, 1.807) is 16.6 Å². The van der Waals surface area contributed by atoms with Crippen LogP contribution in [0, 0.1) is 0 Å². The second kappa shape index (κ2) is 5.45. The van der Waals surface area contributed by atoms with Crippen molar-refractivity contribution in [1.29, 1.82) is 0 Å². The third-order valence-corrected chi connectivity index (χ3v) is 2.11. The minimum Gasteiger partial charge on any atom is -0.340 e. The minimum absolute atomic E-state index is 0.0199. The number of nitrogens with two attached hydrogens (primary N) is 1. The Kier molecular flexibility index (Phi) is 4.23. The number of amides is 1. The van der Waals surface area contributed by atoms with Crippen LogP contribution in [0.5, 0.6) is 0 Å². The fourth-order valence-corrected chi connectivity index (χ4v) is 1.13. The summed E-state index contributed by atoms with van der Waals surface area (Å²) in [7, 11) is 1.74. The predicted octanol–water partition coefficient (Wildman–Crippen LogP) is -0.395. The normalized spacial score (nSPS) is 10.3. The molecule has 0 fully saturated rings. The van der Waals surface area contributed by atoms with Gasteiger partial charge in [-0.25, -0.2) is 0 Å². The molecule has 0 atom stereocenters. The van der Waals surface area contributed by atoms with Gasteiger partial charge in [0.05, 0.1) is 12.7 Å². The summed E-state index contributed by atoms with van der Waals surface area (Å²) >= 11 is 0. The van der Waals surface area contributed by atoms with Crippen LogP contribution < -0.4 is 5.73 Å². The van der Waals surface area contributed by atoms with Crippen molar-refractivity contribution in [1.82, 2.24) is 19.9 Å². The van der Waals surface area contributed by atoms with E-state index in [1.807, 2.05) is 6.20 Å². The Labute approximate surface area is 89.0 Å². The highest BCUT2D eigenvalue weighted by Gasteiger charge is 2.06.